The lowest BCUT2D eigenvalue weighted by Gasteiger charge is -2.16. The molecule has 0 saturated heterocycles. The van der Waals surface area contributed by atoms with Crippen LogP contribution in [-0.4, -0.2) is 11.7 Å². The first-order valence-corrected chi connectivity index (χ1v) is 5.76. The van der Waals surface area contributed by atoms with Crippen LogP contribution in [0.3, 0.4) is 0 Å². The highest BCUT2D eigenvalue weighted by Crippen LogP contribution is 2.31. The molecule has 0 aliphatic heterocycles. The van der Waals surface area contributed by atoms with Crippen molar-refractivity contribution in [3.8, 4) is 0 Å². The second-order valence-corrected chi connectivity index (χ2v) is 4.78. The molecule has 0 amide bonds. The molecule has 1 aromatic rings. The first kappa shape index (κ1) is 11.7. The van der Waals surface area contributed by atoms with Crippen molar-refractivity contribution in [1.82, 2.24) is 0 Å². The molecule has 0 spiro atoms. The third kappa shape index (κ3) is 2.37. The molecule has 14 heavy (non-hydrogen) atoms. The van der Waals surface area contributed by atoms with Gasteiger partial charge in [-0.15, -0.1) is 0 Å². The fraction of sp³-hybridized carbons (Fsp3) is 0.500. The number of hydrogen-bond donors (Lipinski definition) is 1. The summed E-state index contributed by atoms with van der Waals surface area (Å²) in [5.41, 5.74) is 2.50. The van der Waals surface area contributed by atoms with E-state index >= 15 is 0 Å². The average Bonchev–Trinajstić information content (AvgIpc) is 2.16. The summed E-state index contributed by atoms with van der Waals surface area (Å²) < 4.78 is 1.15. The van der Waals surface area contributed by atoms with Crippen LogP contribution in [0.4, 0.5) is 0 Å². The molecular weight excluding hydrogens is 240 g/mol. The first-order chi connectivity index (χ1) is 6.57. The van der Waals surface area contributed by atoms with E-state index in [1.54, 1.807) is 0 Å². The van der Waals surface area contributed by atoms with Gasteiger partial charge in [0.25, 0.3) is 0 Å². The summed E-state index contributed by atoms with van der Waals surface area (Å²) >= 11 is 3.61. The van der Waals surface area contributed by atoms with E-state index in [4.69, 9.17) is 5.11 Å². The van der Waals surface area contributed by atoms with E-state index < -0.39 is 0 Å². The zero-order valence-electron chi connectivity index (χ0n) is 8.92. The molecule has 1 rings (SSSR count). The predicted octanol–water partition coefficient (Wildman–Crippen LogP) is 3.67. The van der Waals surface area contributed by atoms with Crippen LogP contribution < -0.4 is 0 Å². The lowest BCUT2D eigenvalue weighted by molar-refractivity contribution is 0.272. The predicted molar refractivity (Wildman–Crippen MR) is 63.7 cm³/mol. The topological polar surface area (TPSA) is 20.2 Å². The molecule has 2 heteroatoms. The maximum atomic E-state index is 9.12. The molecule has 1 unspecified atom stereocenters. The SMILES string of the molecule is CC(C)c1cccc(C(C)CO)c1Br. The molecule has 0 heterocycles. The van der Waals surface area contributed by atoms with E-state index in [1.165, 1.54) is 11.1 Å². The molecule has 0 radical (unpaired) electrons. The number of rotatable bonds is 3. The van der Waals surface area contributed by atoms with Crippen LogP contribution in [0.2, 0.25) is 0 Å². The highest BCUT2D eigenvalue weighted by atomic mass is 79.9. The minimum atomic E-state index is 0.195. The summed E-state index contributed by atoms with van der Waals surface area (Å²) in [6, 6.07) is 6.25. The van der Waals surface area contributed by atoms with E-state index in [2.05, 4.69) is 48.0 Å². The lowest BCUT2D eigenvalue weighted by atomic mass is 9.95. The van der Waals surface area contributed by atoms with E-state index in [0.717, 1.165) is 4.47 Å². The number of aliphatic hydroxyl groups excluding tert-OH is 1. The van der Waals surface area contributed by atoms with Crippen molar-refractivity contribution in [3.63, 3.8) is 0 Å². The van der Waals surface area contributed by atoms with Crippen molar-refractivity contribution in [2.24, 2.45) is 0 Å². The molecule has 1 atom stereocenters. The molecule has 1 aromatic carbocycles. The highest BCUT2D eigenvalue weighted by molar-refractivity contribution is 9.10. The molecule has 78 valence electrons. The van der Waals surface area contributed by atoms with Gasteiger partial charge in [-0.2, -0.15) is 0 Å². The van der Waals surface area contributed by atoms with Crippen LogP contribution >= 0.6 is 15.9 Å². The Labute approximate surface area is 94.3 Å². The highest BCUT2D eigenvalue weighted by Gasteiger charge is 2.12. The summed E-state index contributed by atoms with van der Waals surface area (Å²) in [6.07, 6.45) is 0. The smallest absolute Gasteiger partial charge is 0.0497 e. The van der Waals surface area contributed by atoms with E-state index in [1.807, 2.05) is 6.92 Å². The van der Waals surface area contributed by atoms with Gasteiger partial charge in [-0.3, -0.25) is 0 Å². The van der Waals surface area contributed by atoms with Crippen LogP contribution in [-0.2, 0) is 0 Å². The van der Waals surface area contributed by atoms with Gasteiger partial charge in [-0.05, 0) is 17.0 Å². The Balaban J connectivity index is 3.13. The van der Waals surface area contributed by atoms with Crippen LogP contribution in [0.25, 0.3) is 0 Å². The molecule has 1 nitrogen and oxygen atoms in total. The van der Waals surface area contributed by atoms with Gasteiger partial charge in [0, 0.05) is 17.0 Å². The van der Waals surface area contributed by atoms with Gasteiger partial charge >= 0.3 is 0 Å². The Morgan fingerprint density at radius 2 is 1.79 bits per heavy atom. The van der Waals surface area contributed by atoms with E-state index in [9.17, 15) is 0 Å². The molecule has 0 fully saturated rings. The Kier molecular flexibility index (Phi) is 4.14. The van der Waals surface area contributed by atoms with Crippen molar-refractivity contribution >= 4 is 15.9 Å². The van der Waals surface area contributed by atoms with Gasteiger partial charge in [0.2, 0.25) is 0 Å². The second-order valence-electron chi connectivity index (χ2n) is 3.99. The van der Waals surface area contributed by atoms with Crippen molar-refractivity contribution in [3.05, 3.63) is 33.8 Å². The van der Waals surface area contributed by atoms with E-state index in [0.29, 0.717) is 5.92 Å². The zero-order chi connectivity index (χ0) is 10.7. The van der Waals surface area contributed by atoms with Crippen LogP contribution in [0.1, 0.15) is 43.7 Å². The molecular formula is C12H17BrO. The minimum Gasteiger partial charge on any atom is -0.396 e. The lowest BCUT2D eigenvalue weighted by Crippen LogP contribution is -2.02. The molecule has 0 aliphatic rings. The van der Waals surface area contributed by atoms with Crippen molar-refractivity contribution in [1.29, 1.82) is 0 Å². The van der Waals surface area contributed by atoms with E-state index in [-0.39, 0.29) is 12.5 Å². The van der Waals surface area contributed by atoms with Gasteiger partial charge in [-0.1, -0.05) is 54.9 Å². The minimum absolute atomic E-state index is 0.195. The number of benzene rings is 1. The molecule has 0 saturated carbocycles. The molecule has 0 bridgehead atoms. The molecule has 0 aliphatic carbocycles. The van der Waals surface area contributed by atoms with Crippen molar-refractivity contribution < 1.29 is 5.11 Å². The molecule has 1 N–H and O–H groups in total. The van der Waals surface area contributed by atoms with Crippen LogP contribution in [0.15, 0.2) is 22.7 Å². The van der Waals surface area contributed by atoms with Crippen molar-refractivity contribution in [2.75, 3.05) is 6.61 Å². The first-order valence-electron chi connectivity index (χ1n) is 4.97. The summed E-state index contributed by atoms with van der Waals surface area (Å²) in [7, 11) is 0. The van der Waals surface area contributed by atoms with Gasteiger partial charge in [0.15, 0.2) is 0 Å². The Bertz CT molecular complexity index is 307. The fourth-order valence-electron chi connectivity index (χ4n) is 1.49. The monoisotopic (exact) mass is 256 g/mol. The summed E-state index contributed by atoms with van der Waals surface area (Å²) in [4.78, 5) is 0. The standard InChI is InChI=1S/C12H17BrO/c1-8(2)10-5-4-6-11(12(10)13)9(3)7-14/h4-6,8-9,14H,7H2,1-3H3. The Morgan fingerprint density at radius 3 is 2.29 bits per heavy atom. The van der Waals surface area contributed by atoms with Crippen LogP contribution in [0.5, 0.6) is 0 Å². The number of aliphatic hydroxyl groups is 1. The largest absolute Gasteiger partial charge is 0.396 e. The third-order valence-electron chi connectivity index (χ3n) is 2.49. The average molecular weight is 257 g/mol. The van der Waals surface area contributed by atoms with Gasteiger partial charge in [0.1, 0.15) is 0 Å². The second kappa shape index (κ2) is 4.94. The zero-order valence-corrected chi connectivity index (χ0v) is 10.5. The quantitative estimate of drug-likeness (QED) is 0.875. The number of halogens is 1. The maximum absolute atomic E-state index is 9.12. The Hall–Kier alpha value is -0.340. The van der Waals surface area contributed by atoms with Crippen LogP contribution in [0, 0.1) is 0 Å². The summed E-state index contributed by atoms with van der Waals surface area (Å²) in [6.45, 7) is 6.57. The third-order valence-corrected chi connectivity index (χ3v) is 3.40. The molecule has 0 aromatic heterocycles. The van der Waals surface area contributed by atoms with Crippen molar-refractivity contribution in [2.45, 2.75) is 32.6 Å². The summed E-state index contributed by atoms with van der Waals surface area (Å²) in [5.74, 6) is 0.707. The van der Waals surface area contributed by atoms with Gasteiger partial charge < -0.3 is 5.11 Å². The number of hydrogen-bond acceptors (Lipinski definition) is 1. The normalized spacial score (nSPS) is 13.3. The maximum Gasteiger partial charge on any atom is 0.0497 e. The fourth-order valence-corrected chi connectivity index (χ4v) is 2.61. The van der Waals surface area contributed by atoms with Gasteiger partial charge in [-0.25, -0.2) is 0 Å². The summed E-state index contributed by atoms with van der Waals surface area (Å²) in [5, 5.41) is 9.12. The van der Waals surface area contributed by atoms with Gasteiger partial charge in [0.05, 0.1) is 0 Å². The Morgan fingerprint density at radius 1 is 1.21 bits per heavy atom.